The van der Waals surface area contributed by atoms with Gasteiger partial charge in [0, 0.05) is 6.04 Å². The summed E-state index contributed by atoms with van der Waals surface area (Å²) in [4.78, 5) is 0. The smallest absolute Gasteiger partial charge is 0.159 e. The van der Waals surface area contributed by atoms with Crippen molar-refractivity contribution in [3.8, 4) is 0 Å². The molecule has 0 amide bonds. The van der Waals surface area contributed by atoms with E-state index in [1.54, 1.807) is 6.07 Å². The van der Waals surface area contributed by atoms with Gasteiger partial charge >= 0.3 is 0 Å². The largest absolute Gasteiger partial charge is 0.271 e. The highest BCUT2D eigenvalue weighted by atomic mass is 19.2. The van der Waals surface area contributed by atoms with Crippen LogP contribution in [0, 0.1) is 18.6 Å². The average molecular weight is 262 g/mol. The van der Waals surface area contributed by atoms with Crippen LogP contribution in [-0.4, -0.2) is 0 Å². The Morgan fingerprint density at radius 3 is 2.32 bits per heavy atom. The summed E-state index contributed by atoms with van der Waals surface area (Å²) in [7, 11) is 0. The fourth-order valence-corrected chi connectivity index (χ4v) is 1.97. The molecule has 2 aromatic carbocycles. The molecule has 0 saturated carbocycles. The Bertz CT molecular complexity index is 553. The van der Waals surface area contributed by atoms with E-state index < -0.39 is 11.6 Å². The van der Waals surface area contributed by atoms with Crippen LogP contribution in [0.3, 0.4) is 0 Å². The number of aryl methyl sites for hydroxylation is 1. The molecule has 0 aliphatic rings. The zero-order chi connectivity index (χ0) is 13.8. The minimum atomic E-state index is -0.837. The molecule has 0 saturated heterocycles. The number of rotatable bonds is 4. The van der Waals surface area contributed by atoms with E-state index >= 15 is 0 Å². The third-order valence-corrected chi connectivity index (χ3v) is 3.10. The van der Waals surface area contributed by atoms with E-state index in [-0.39, 0.29) is 6.04 Å². The number of halogens is 2. The maximum Gasteiger partial charge on any atom is 0.159 e. The summed E-state index contributed by atoms with van der Waals surface area (Å²) in [5, 5.41) is 0. The molecule has 0 aliphatic heterocycles. The van der Waals surface area contributed by atoms with Gasteiger partial charge in [0.05, 0.1) is 0 Å². The lowest BCUT2D eigenvalue weighted by Crippen LogP contribution is -2.29. The van der Waals surface area contributed by atoms with Crippen LogP contribution in [0.5, 0.6) is 0 Å². The second-order valence-electron chi connectivity index (χ2n) is 4.58. The van der Waals surface area contributed by atoms with Crippen molar-refractivity contribution >= 4 is 0 Å². The van der Waals surface area contributed by atoms with Crippen molar-refractivity contribution in [3.63, 3.8) is 0 Å². The summed E-state index contributed by atoms with van der Waals surface area (Å²) in [5.74, 6) is 3.87. The Morgan fingerprint density at radius 2 is 1.74 bits per heavy atom. The normalized spacial score (nSPS) is 12.4. The first-order chi connectivity index (χ1) is 9.10. The second kappa shape index (κ2) is 5.91. The minimum absolute atomic E-state index is 0.134. The maximum atomic E-state index is 13.2. The topological polar surface area (TPSA) is 38.0 Å². The Kier molecular flexibility index (Phi) is 4.24. The number of nitrogens with two attached hydrogens (primary N) is 1. The van der Waals surface area contributed by atoms with E-state index in [2.05, 4.69) is 5.43 Å². The van der Waals surface area contributed by atoms with Gasteiger partial charge < -0.3 is 0 Å². The summed E-state index contributed by atoms with van der Waals surface area (Å²) in [6.45, 7) is 2.00. The summed E-state index contributed by atoms with van der Waals surface area (Å²) in [5.41, 5.74) is 5.57. The van der Waals surface area contributed by atoms with Crippen LogP contribution in [0.25, 0.3) is 0 Å². The third kappa shape index (κ3) is 3.36. The van der Waals surface area contributed by atoms with Gasteiger partial charge in [0.2, 0.25) is 0 Å². The highest BCUT2D eigenvalue weighted by molar-refractivity contribution is 5.27. The summed E-state index contributed by atoms with van der Waals surface area (Å²) in [6.07, 6.45) is 0.497. The van der Waals surface area contributed by atoms with Gasteiger partial charge in [0.15, 0.2) is 11.6 Å². The summed E-state index contributed by atoms with van der Waals surface area (Å²) in [6, 6.07) is 11.7. The molecule has 0 aliphatic carbocycles. The molecule has 1 unspecified atom stereocenters. The standard InChI is InChI=1S/C15H16F2N2/c1-10-2-5-12(6-3-10)15(19-18)9-11-4-7-13(16)14(17)8-11/h2-8,15,19H,9,18H2,1H3. The number of nitrogens with one attached hydrogen (secondary N) is 1. The molecule has 3 N–H and O–H groups in total. The molecule has 0 radical (unpaired) electrons. The molecule has 19 heavy (non-hydrogen) atoms. The predicted molar refractivity (Wildman–Crippen MR) is 71.3 cm³/mol. The van der Waals surface area contributed by atoms with Gasteiger partial charge in [-0.3, -0.25) is 11.3 Å². The van der Waals surface area contributed by atoms with Crippen molar-refractivity contribution < 1.29 is 8.78 Å². The monoisotopic (exact) mass is 262 g/mol. The van der Waals surface area contributed by atoms with Gasteiger partial charge in [-0.15, -0.1) is 0 Å². The van der Waals surface area contributed by atoms with Gasteiger partial charge in [-0.1, -0.05) is 35.9 Å². The predicted octanol–water partition coefficient (Wildman–Crippen LogP) is 3.02. The first kappa shape index (κ1) is 13.6. The first-order valence-corrected chi connectivity index (χ1v) is 6.07. The van der Waals surface area contributed by atoms with Gasteiger partial charge in [-0.05, 0) is 36.6 Å². The molecule has 0 spiro atoms. The van der Waals surface area contributed by atoms with Crippen molar-refractivity contribution in [2.45, 2.75) is 19.4 Å². The number of benzene rings is 2. The SMILES string of the molecule is Cc1ccc(C(Cc2ccc(F)c(F)c2)NN)cc1. The van der Waals surface area contributed by atoms with Crippen molar-refractivity contribution in [1.29, 1.82) is 0 Å². The Labute approximate surface area is 111 Å². The van der Waals surface area contributed by atoms with Gasteiger partial charge in [0.1, 0.15) is 0 Å². The molecule has 0 aromatic heterocycles. The van der Waals surface area contributed by atoms with E-state index in [1.807, 2.05) is 31.2 Å². The Morgan fingerprint density at radius 1 is 1.05 bits per heavy atom. The van der Waals surface area contributed by atoms with Crippen LogP contribution in [0.15, 0.2) is 42.5 Å². The molecular formula is C15H16F2N2. The molecule has 2 rings (SSSR count). The van der Waals surface area contributed by atoms with Crippen molar-refractivity contribution in [3.05, 3.63) is 70.8 Å². The highest BCUT2D eigenvalue weighted by Crippen LogP contribution is 2.19. The minimum Gasteiger partial charge on any atom is -0.271 e. The zero-order valence-corrected chi connectivity index (χ0v) is 10.7. The van der Waals surface area contributed by atoms with E-state index in [4.69, 9.17) is 5.84 Å². The van der Waals surface area contributed by atoms with E-state index in [0.29, 0.717) is 12.0 Å². The average Bonchev–Trinajstić information content (AvgIpc) is 2.41. The van der Waals surface area contributed by atoms with Crippen LogP contribution in [0.4, 0.5) is 8.78 Å². The van der Waals surface area contributed by atoms with Crippen LogP contribution in [0.2, 0.25) is 0 Å². The molecule has 2 aromatic rings. The lowest BCUT2D eigenvalue weighted by atomic mass is 9.98. The molecular weight excluding hydrogens is 246 g/mol. The van der Waals surface area contributed by atoms with E-state index in [9.17, 15) is 8.78 Å². The molecule has 0 bridgehead atoms. The van der Waals surface area contributed by atoms with Crippen LogP contribution < -0.4 is 11.3 Å². The molecule has 2 nitrogen and oxygen atoms in total. The molecule has 1 atom stereocenters. The van der Waals surface area contributed by atoms with Gasteiger partial charge in [0.25, 0.3) is 0 Å². The van der Waals surface area contributed by atoms with Gasteiger partial charge in [-0.2, -0.15) is 0 Å². The summed E-state index contributed by atoms with van der Waals surface area (Å²) >= 11 is 0. The Hall–Kier alpha value is -1.78. The fraction of sp³-hybridized carbons (Fsp3) is 0.200. The second-order valence-corrected chi connectivity index (χ2v) is 4.58. The van der Waals surface area contributed by atoms with Crippen LogP contribution >= 0.6 is 0 Å². The van der Waals surface area contributed by atoms with Crippen molar-refractivity contribution in [1.82, 2.24) is 5.43 Å². The third-order valence-electron chi connectivity index (χ3n) is 3.10. The van der Waals surface area contributed by atoms with Crippen molar-refractivity contribution in [2.24, 2.45) is 5.84 Å². The van der Waals surface area contributed by atoms with Crippen LogP contribution in [0.1, 0.15) is 22.7 Å². The lowest BCUT2D eigenvalue weighted by molar-refractivity contribution is 0.502. The van der Waals surface area contributed by atoms with Crippen LogP contribution in [-0.2, 0) is 6.42 Å². The molecule has 0 fully saturated rings. The highest BCUT2D eigenvalue weighted by Gasteiger charge is 2.12. The summed E-state index contributed by atoms with van der Waals surface area (Å²) < 4.78 is 26.0. The van der Waals surface area contributed by atoms with E-state index in [1.165, 1.54) is 6.07 Å². The zero-order valence-electron chi connectivity index (χ0n) is 10.7. The first-order valence-electron chi connectivity index (χ1n) is 6.07. The number of hydrogen-bond acceptors (Lipinski definition) is 2. The van der Waals surface area contributed by atoms with Crippen molar-refractivity contribution in [2.75, 3.05) is 0 Å². The maximum absolute atomic E-state index is 13.2. The Balaban J connectivity index is 2.18. The number of hydrogen-bond donors (Lipinski definition) is 2. The van der Waals surface area contributed by atoms with E-state index in [0.717, 1.165) is 17.2 Å². The number of hydrazine groups is 1. The fourth-order valence-electron chi connectivity index (χ4n) is 1.97. The van der Waals surface area contributed by atoms with Gasteiger partial charge in [-0.25, -0.2) is 8.78 Å². The molecule has 4 heteroatoms. The lowest BCUT2D eigenvalue weighted by Gasteiger charge is -2.16. The quantitative estimate of drug-likeness (QED) is 0.656. The molecule has 100 valence electrons. The molecule has 0 heterocycles.